The van der Waals surface area contributed by atoms with E-state index in [1.54, 1.807) is 6.07 Å². The predicted molar refractivity (Wildman–Crippen MR) is 84.2 cm³/mol. The average molecular weight is 347 g/mol. The van der Waals surface area contributed by atoms with Crippen LogP contribution in [0.5, 0.6) is 0 Å². The molecule has 0 atom stereocenters. The van der Waals surface area contributed by atoms with Gasteiger partial charge in [-0.3, -0.25) is 4.79 Å². The molecule has 0 aliphatic carbocycles. The van der Waals surface area contributed by atoms with Crippen molar-refractivity contribution in [3.8, 4) is 0 Å². The molecule has 1 amide bonds. The van der Waals surface area contributed by atoms with Gasteiger partial charge in [-0.25, -0.2) is 9.97 Å². The van der Waals surface area contributed by atoms with Gasteiger partial charge in [0.25, 0.3) is 5.91 Å². The molecule has 0 radical (unpaired) electrons. The molecule has 2 N–H and O–H groups in total. The minimum atomic E-state index is -0.533. The zero-order valence-corrected chi connectivity index (χ0v) is 13.2. The van der Waals surface area contributed by atoms with Crippen molar-refractivity contribution >= 4 is 27.7 Å². The molecule has 0 bridgehead atoms. The summed E-state index contributed by atoms with van der Waals surface area (Å²) in [5.41, 5.74) is 9.42. The molecule has 2 heterocycles. The molecule has 6 heteroatoms. The Morgan fingerprint density at radius 2 is 2.10 bits per heavy atom. The summed E-state index contributed by atoms with van der Waals surface area (Å²) >= 11 is 3.58. The van der Waals surface area contributed by atoms with E-state index in [0.29, 0.717) is 0 Å². The van der Waals surface area contributed by atoms with E-state index in [-0.39, 0.29) is 5.69 Å². The van der Waals surface area contributed by atoms with E-state index in [2.05, 4.69) is 49.9 Å². The molecule has 3 rings (SSSR count). The SMILES string of the molecule is Cc1cc2c(cc1Br)CN(c1cc(C(N)=O)ncn1)CC2. The molecule has 1 aromatic heterocycles. The highest BCUT2D eigenvalue weighted by Gasteiger charge is 2.19. The number of amides is 1. The molecule has 2 aromatic rings. The van der Waals surface area contributed by atoms with E-state index >= 15 is 0 Å². The van der Waals surface area contributed by atoms with Crippen LogP contribution >= 0.6 is 15.9 Å². The van der Waals surface area contributed by atoms with Crippen molar-refractivity contribution in [2.75, 3.05) is 11.4 Å². The van der Waals surface area contributed by atoms with Crippen LogP contribution in [-0.2, 0) is 13.0 Å². The van der Waals surface area contributed by atoms with Crippen LogP contribution in [0.2, 0.25) is 0 Å². The molecule has 0 saturated heterocycles. The zero-order chi connectivity index (χ0) is 15.0. The molecular formula is C15H15BrN4O. The lowest BCUT2D eigenvalue weighted by Gasteiger charge is -2.30. The number of halogens is 1. The van der Waals surface area contributed by atoms with E-state index in [0.717, 1.165) is 29.8 Å². The number of nitrogens with zero attached hydrogens (tertiary/aromatic N) is 3. The highest BCUT2D eigenvalue weighted by Crippen LogP contribution is 2.28. The number of anilines is 1. The first kappa shape index (κ1) is 14.0. The van der Waals surface area contributed by atoms with Gasteiger partial charge in [-0.15, -0.1) is 0 Å². The van der Waals surface area contributed by atoms with Crippen LogP contribution in [0.15, 0.2) is 29.0 Å². The molecule has 0 fully saturated rings. The maximum atomic E-state index is 11.2. The van der Waals surface area contributed by atoms with Gasteiger partial charge in [0.15, 0.2) is 0 Å². The van der Waals surface area contributed by atoms with Crippen molar-refractivity contribution in [1.82, 2.24) is 9.97 Å². The Bertz CT molecular complexity index is 717. The Morgan fingerprint density at radius 1 is 1.29 bits per heavy atom. The molecule has 1 aliphatic rings. The number of rotatable bonds is 2. The summed E-state index contributed by atoms with van der Waals surface area (Å²) in [6.07, 6.45) is 2.34. The number of hydrogen-bond donors (Lipinski definition) is 1. The number of carbonyl (C=O) groups excluding carboxylic acids is 1. The van der Waals surface area contributed by atoms with E-state index in [1.165, 1.54) is 23.0 Å². The summed E-state index contributed by atoms with van der Waals surface area (Å²) in [5, 5.41) is 0. The normalized spacial score (nSPS) is 13.9. The Balaban J connectivity index is 1.91. The number of aryl methyl sites for hydroxylation is 1. The number of nitrogens with two attached hydrogens (primary N) is 1. The van der Waals surface area contributed by atoms with Crippen LogP contribution in [0.25, 0.3) is 0 Å². The van der Waals surface area contributed by atoms with Crippen LogP contribution in [0.3, 0.4) is 0 Å². The van der Waals surface area contributed by atoms with Crippen LogP contribution in [0, 0.1) is 6.92 Å². The lowest BCUT2D eigenvalue weighted by atomic mass is 9.97. The largest absolute Gasteiger partial charge is 0.364 e. The van der Waals surface area contributed by atoms with Crippen molar-refractivity contribution in [3.05, 3.63) is 51.4 Å². The smallest absolute Gasteiger partial charge is 0.267 e. The van der Waals surface area contributed by atoms with Gasteiger partial charge in [-0.2, -0.15) is 0 Å². The van der Waals surface area contributed by atoms with Gasteiger partial charge < -0.3 is 10.6 Å². The average Bonchev–Trinajstić information content (AvgIpc) is 2.48. The number of benzene rings is 1. The second kappa shape index (κ2) is 5.44. The predicted octanol–water partition coefficient (Wildman–Crippen LogP) is 2.21. The second-order valence-electron chi connectivity index (χ2n) is 5.17. The summed E-state index contributed by atoms with van der Waals surface area (Å²) in [6, 6.07) is 6.04. The second-order valence-corrected chi connectivity index (χ2v) is 6.02. The van der Waals surface area contributed by atoms with E-state index < -0.39 is 5.91 Å². The fourth-order valence-corrected chi connectivity index (χ4v) is 2.94. The fraction of sp³-hybridized carbons (Fsp3) is 0.267. The Morgan fingerprint density at radius 3 is 2.86 bits per heavy atom. The first-order chi connectivity index (χ1) is 10.0. The molecule has 1 aliphatic heterocycles. The standard InChI is InChI=1S/C15H15BrN4O/c1-9-4-10-2-3-20(7-11(10)5-12(9)16)14-6-13(15(17)21)18-8-19-14/h4-6,8H,2-3,7H2,1H3,(H2,17,21). The topological polar surface area (TPSA) is 72.1 Å². The minimum Gasteiger partial charge on any atom is -0.364 e. The molecule has 0 unspecified atom stereocenters. The van der Waals surface area contributed by atoms with E-state index in [1.807, 2.05) is 0 Å². The third kappa shape index (κ3) is 2.76. The first-order valence-corrected chi connectivity index (χ1v) is 7.48. The highest BCUT2D eigenvalue weighted by atomic mass is 79.9. The number of aromatic nitrogens is 2. The van der Waals surface area contributed by atoms with E-state index in [9.17, 15) is 4.79 Å². The summed E-state index contributed by atoms with van der Waals surface area (Å²) in [5.74, 6) is 0.204. The van der Waals surface area contributed by atoms with Crippen molar-refractivity contribution in [3.63, 3.8) is 0 Å². The molecule has 21 heavy (non-hydrogen) atoms. The van der Waals surface area contributed by atoms with Crippen LogP contribution in [0.4, 0.5) is 5.82 Å². The Hall–Kier alpha value is -1.95. The van der Waals surface area contributed by atoms with Crippen LogP contribution < -0.4 is 10.6 Å². The van der Waals surface area contributed by atoms with Gasteiger partial charge in [0.05, 0.1) is 0 Å². The van der Waals surface area contributed by atoms with E-state index in [4.69, 9.17) is 5.73 Å². The summed E-state index contributed by atoms with van der Waals surface area (Å²) < 4.78 is 1.11. The van der Waals surface area contributed by atoms with Gasteiger partial charge in [0.2, 0.25) is 0 Å². The monoisotopic (exact) mass is 346 g/mol. The van der Waals surface area contributed by atoms with Crippen molar-refractivity contribution in [2.24, 2.45) is 5.73 Å². The maximum absolute atomic E-state index is 11.2. The molecule has 0 saturated carbocycles. The van der Waals surface area contributed by atoms with Crippen LogP contribution in [-0.4, -0.2) is 22.4 Å². The van der Waals surface area contributed by atoms with Gasteiger partial charge in [-0.05, 0) is 36.1 Å². The first-order valence-electron chi connectivity index (χ1n) is 6.69. The Kier molecular flexibility index (Phi) is 3.63. The molecule has 1 aromatic carbocycles. The lowest BCUT2D eigenvalue weighted by molar-refractivity contribution is 0.0995. The number of primary amides is 1. The number of hydrogen-bond acceptors (Lipinski definition) is 4. The zero-order valence-electron chi connectivity index (χ0n) is 11.6. The number of fused-ring (bicyclic) bond motifs is 1. The third-order valence-electron chi connectivity index (χ3n) is 3.72. The lowest BCUT2D eigenvalue weighted by Crippen LogP contribution is -2.31. The molecule has 0 spiro atoms. The summed E-state index contributed by atoms with van der Waals surface area (Å²) in [7, 11) is 0. The van der Waals surface area contributed by atoms with Gasteiger partial charge in [-0.1, -0.05) is 22.0 Å². The molecular weight excluding hydrogens is 332 g/mol. The van der Waals surface area contributed by atoms with Crippen LogP contribution in [0.1, 0.15) is 27.2 Å². The summed E-state index contributed by atoms with van der Waals surface area (Å²) in [4.78, 5) is 21.5. The fourth-order valence-electron chi connectivity index (χ4n) is 2.55. The van der Waals surface area contributed by atoms with Crippen molar-refractivity contribution in [2.45, 2.75) is 19.9 Å². The van der Waals surface area contributed by atoms with Crippen molar-refractivity contribution in [1.29, 1.82) is 0 Å². The highest BCUT2D eigenvalue weighted by molar-refractivity contribution is 9.10. The van der Waals surface area contributed by atoms with Gasteiger partial charge in [0.1, 0.15) is 17.8 Å². The maximum Gasteiger partial charge on any atom is 0.267 e. The van der Waals surface area contributed by atoms with Gasteiger partial charge >= 0.3 is 0 Å². The minimum absolute atomic E-state index is 0.246. The third-order valence-corrected chi connectivity index (χ3v) is 4.58. The van der Waals surface area contributed by atoms with Crippen molar-refractivity contribution < 1.29 is 4.79 Å². The molecule has 108 valence electrons. The molecule has 5 nitrogen and oxygen atoms in total. The van der Waals surface area contributed by atoms with Gasteiger partial charge in [0, 0.05) is 23.6 Å². The summed E-state index contributed by atoms with van der Waals surface area (Å²) in [6.45, 7) is 3.73. The Labute approximate surface area is 131 Å². The number of carbonyl (C=O) groups is 1. The quantitative estimate of drug-likeness (QED) is 0.904.